The van der Waals surface area contributed by atoms with Crippen molar-refractivity contribution in [3.63, 3.8) is 0 Å². The number of rotatable bonds is 5. The van der Waals surface area contributed by atoms with Crippen LogP contribution in [0.4, 0.5) is 0 Å². The van der Waals surface area contributed by atoms with Crippen molar-refractivity contribution in [3.05, 3.63) is 102 Å². The van der Waals surface area contributed by atoms with E-state index < -0.39 is 0 Å². The van der Waals surface area contributed by atoms with E-state index in [-0.39, 0.29) is 11.7 Å². The highest BCUT2D eigenvalue weighted by molar-refractivity contribution is 5.98. The van der Waals surface area contributed by atoms with E-state index in [0.29, 0.717) is 24.3 Å². The number of fused-ring (bicyclic) bond motifs is 1. The number of nitrogens with zero attached hydrogens (tertiary/aromatic N) is 2. The number of pyridine rings is 1. The minimum Gasteiger partial charge on any atom is -0.384 e. The lowest BCUT2D eigenvalue weighted by atomic mass is 10.1. The van der Waals surface area contributed by atoms with Crippen LogP contribution in [0.3, 0.4) is 0 Å². The summed E-state index contributed by atoms with van der Waals surface area (Å²) in [5.41, 5.74) is 9.49. The van der Waals surface area contributed by atoms with Crippen molar-refractivity contribution < 1.29 is 4.79 Å². The molecule has 4 aromatic rings. The van der Waals surface area contributed by atoms with Crippen LogP contribution < -0.4 is 11.1 Å². The van der Waals surface area contributed by atoms with Crippen molar-refractivity contribution >= 4 is 22.6 Å². The van der Waals surface area contributed by atoms with Gasteiger partial charge in [0.1, 0.15) is 11.5 Å². The zero-order valence-electron chi connectivity index (χ0n) is 16.8. The first-order valence-corrected chi connectivity index (χ1v) is 9.80. The summed E-state index contributed by atoms with van der Waals surface area (Å²) in [7, 11) is 0. The van der Waals surface area contributed by atoms with E-state index in [1.807, 2.05) is 59.2 Å². The monoisotopic (exact) mass is 407 g/mol. The predicted octanol–water partition coefficient (Wildman–Crippen LogP) is 3.30. The number of hydrogen-bond acceptors (Lipinski definition) is 3. The standard InChI is InChI=1S/C25H21N5O/c26-24(27)20-9-7-18(8-10-20)4-3-15-30-22-6-2-1-5-21(22)16-23(30)25(31)29-17-19-11-13-28-14-12-19/h1-2,5-14,16H,15,17H2,(H3,26,27)(H,29,31). The third-order valence-corrected chi connectivity index (χ3v) is 4.91. The zero-order valence-corrected chi connectivity index (χ0v) is 16.8. The third-order valence-electron chi connectivity index (χ3n) is 4.91. The highest BCUT2D eigenvalue weighted by Crippen LogP contribution is 2.20. The van der Waals surface area contributed by atoms with Crippen molar-refractivity contribution in [1.82, 2.24) is 14.9 Å². The summed E-state index contributed by atoms with van der Waals surface area (Å²) in [4.78, 5) is 16.9. The highest BCUT2D eigenvalue weighted by Gasteiger charge is 2.14. The summed E-state index contributed by atoms with van der Waals surface area (Å²) >= 11 is 0. The third kappa shape index (κ3) is 4.62. The number of nitrogens with one attached hydrogen (secondary N) is 2. The number of amides is 1. The number of benzene rings is 2. The Bertz CT molecular complexity index is 1290. The molecule has 0 atom stereocenters. The Morgan fingerprint density at radius 2 is 1.81 bits per heavy atom. The van der Waals surface area contributed by atoms with E-state index in [9.17, 15) is 4.79 Å². The number of para-hydroxylation sites is 1. The molecule has 0 saturated carbocycles. The van der Waals surface area contributed by atoms with Crippen LogP contribution in [0.15, 0.2) is 79.1 Å². The van der Waals surface area contributed by atoms with Gasteiger partial charge in [-0.1, -0.05) is 42.2 Å². The van der Waals surface area contributed by atoms with Gasteiger partial charge in [-0.25, -0.2) is 0 Å². The van der Waals surface area contributed by atoms with Crippen molar-refractivity contribution in [1.29, 1.82) is 5.41 Å². The van der Waals surface area contributed by atoms with E-state index in [2.05, 4.69) is 22.1 Å². The molecule has 0 aliphatic rings. The van der Waals surface area contributed by atoms with E-state index in [1.165, 1.54) is 0 Å². The number of nitrogen functional groups attached to an aromatic ring is 1. The SMILES string of the molecule is N=C(N)c1ccc(C#CCn2c(C(=O)NCc3ccncc3)cc3ccccc32)cc1. The molecule has 152 valence electrons. The topological polar surface area (TPSA) is 96.8 Å². The molecule has 2 aromatic heterocycles. The fourth-order valence-corrected chi connectivity index (χ4v) is 3.30. The number of carbonyl (C=O) groups excluding carboxylic acids is 1. The summed E-state index contributed by atoms with van der Waals surface area (Å²) in [5, 5.41) is 11.4. The molecule has 0 aliphatic carbocycles. The van der Waals surface area contributed by atoms with Gasteiger partial charge in [0.05, 0.1) is 6.54 Å². The lowest BCUT2D eigenvalue weighted by Crippen LogP contribution is -2.25. The molecular weight excluding hydrogens is 386 g/mol. The minimum atomic E-state index is -0.152. The predicted molar refractivity (Wildman–Crippen MR) is 122 cm³/mol. The average Bonchev–Trinajstić information content (AvgIpc) is 3.17. The van der Waals surface area contributed by atoms with Crippen LogP contribution in [0, 0.1) is 17.3 Å². The van der Waals surface area contributed by atoms with E-state index in [0.717, 1.165) is 22.0 Å². The molecule has 4 N–H and O–H groups in total. The molecule has 0 saturated heterocycles. The van der Waals surface area contributed by atoms with Gasteiger partial charge in [0.15, 0.2) is 0 Å². The molecule has 1 amide bonds. The summed E-state index contributed by atoms with van der Waals surface area (Å²) in [6, 6.07) is 20.7. The van der Waals surface area contributed by atoms with Crippen LogP contribution in [0.1, 0.15) is 27.2 Å². The molecule has 0 bridgehead atoms. The van der Waals surface area contributed by atoms with Gasteiger partial charge in [0.2, 0.25) is 0 Å². The normalized spacial score (nSPS) is 10.3. The maximum atomic E-state index is 12.9. The van der Waals surface area contributed by atoms with Gasteiger partial charge in [-0.15, -0.1) is 0 Å². The van der Waals surface area contributed by atoms with E-state index in [1.54, 1.807) is 24.5 Å². The number of aromatic nitrogens is 2. The number of hydrogen-bond donors (Lipinski definition) is 3. The number of carbonyl (C=O) groups is 1. The second kappa shape index (κ2) is 8.97. The fourth-order valence-electron chi connectivity index (χ4n) is 3.30. The minimum absolute atomic E-state index is 0.0285. The van der Waals surface area contributed by atoms with Crippen LogP contribution in [-0.4, -0.2) is 21.3 Å². The quantitative estimate of drug-likeness (QED) is 0.269. The lowest BCUT2D eigenvalue weighted by Gasteiger charge is -2.08. The van der Waals surface area contributed by atoms with Gasteiger partial charge >= 0.3 is 0 Å². The first-order valence-electron chi connectivity index (χ1n) is 9.80. The summed E-state index contributed by atoms with van der Waals surface area (Å²) in [6.07, 6.45) is 3.41. The molecule has 6 heteroatoms. The summed E-state index contributed by atoms with van der Waals surface area (Å²) in [5.74, 6) is 6.15. The van der Waals surface area contributed by atoms with Gasteiger partial charge in [-0.3, -0.25) is 15.2 Å². The molecule has 0 unspecified atom stereocenters. The molecule has 0 fully saturated rings. The van der Waals surface area contributed by atoms with Crippen LogP contribution in [0.2, 0.25) is 0 Å². The second-order valence-electron chi connectivity index (χ2n) is 7.01. The molecule has 31 heavy (non-hydrogen) atoms. The number of nitrogens with two attached hydrogens (primary N) is 1. The van der Waals surface area contributed by atoms with Gasteiger partial charge in [0, 0.05) is 41.0 Å². The van der Waals surface area contributed by atoms with Crippen molar-refractivity contribution in [2.24, 2.45) is 5.73 Å². The zero-order chi connectivity index (χ0) is 21.6. The Morgan fingerprint density at radius 3 is 2.55 bits per heavy atom. The molecule has 0 spiro atoms. The average molecular weight is 407 g/mol. The molecule has 4 rings (SSSR count). The molecular formula is C25H21N5O. The van der Waals surface area contributed by atoms with Crippen molar-refractivity contribution in [2.75, 3.05) is 0 Å². The Labute approximate surface area is 180 Å². The van der Waals surface area contributed by atoms with Crippen LogP contribution >= 0.6 is 0 Å². The molecule has 2 aromatic carbocycles. The molecule has 2 heterocycles. The molecule has 0 radical (unpaired) electrons. The second-order valence-corrected chi connectivity index (χ2v) is 7.01. The Hall–Kier alpha value is -4.37. The molecule has 0 aliphatic heterocycles. The van der Waals surface area contributed by atoms with Crippen LogP contribution in [-0.2, 0) is 13.1 Å². The van der Waals surface area contributed by atoms with Crippen molar-refractivity contribution in [3.8, 4) is 11.8 Å². The van der Waals surface area contributed by atoms with E-state index >= 15 is 0 Å². The van der Waals surface area contributed by atoms with E-state index in [4.69, 9.17) is 11.1 Å². The van der Waals surface area contributed by atoms with Gasteiger partial charge in [0.25, 0.3) is 5.91 Å². The van der Waals surface area contributed by atoms with Gasteiger partial charge in [-0.2, -0.15) is 0 Å². The largest absolute Gasteiger partial charge is 0.384 e. The maximum absolute atomic E-state index is 12.9. The van der Waals surface area contributed by atoms with Crippen molar-refractivity contribution in [2.45, 2.75) is 13.1 Å². The van der Waals surface area contributed by atoms with Gasteiger partial charge < -0.3 is 15.6 Å². The Balaban J connectivity index is 1.57. The van der Waals surface area contributed by atoms with Crippen LogP contribution in [0.25, 0.3) is 10.9 Å². The Morgan fingerprint density at radius 1 is 1.06 bits per heavy atom. The van der Waals surface area contributed by atoms with Crippen LogP contribution in [0.5, 0.6) is 0 Å². The first kappa shape index (κ1) is 19.9. The lowest BCUT2D eigenvalue weighted by molar-refractivity contribution is 0.0942. The fraction of sp³-hybridized carbons (Fsp3) is 0.0800. The molecule has 6 nitrogen and oxygen atoms in total. The van der Waals surface area contributed by atoms with Gasteiger partial charge in [-0.05, 0) is 42.0 Å². The Kier molecular flexibility index (Phi) is 5.77. The summed E-state index contributed by atoms with van der Waals surface area (Å²) < 4.78 is 1.92. The highest BCUT2D eigenvalue weighted by atomic mass is 16.1. The maximum Gasteiger partial charge on any atom is 0.268 e. The first-order chi connectivity index (χ1) is 15.1. The smallest absolute Gasteiger partial charge is 0.268 e. The number of amidine groups is 1. The summed E-state index contributed by atoms with van der Waals surface area (Å²) in [6.45, 7) is 0.803.